The number of Topliss-reactive ketones (excluding diaryl/α,β-unsaturated/α-hetero) is 1. The normalized spacial score (nSPS) is 19.4. The van der Waals surface area contributed by atoms with Crippen molar-refractivity contribution in [3.8, 4) is 0 Å². The second-order valence-corrected chi connectivity index (χ2v) is 5.67. The van der Waals surface area contributed by atoms with Crippen LogP contribution in [-0.2, 0) is 6.42 Å². The number of aromatic nitrogens is 1. The van der Waals surface area contributed by atoms with Crippen molar-refractivity contribution in [3.05, 3.63) is 40.0 Å². The molecule has 0 saturated carbocycles. The maximum atomic E-state index is 12.0. The average molecular weight is 290 g/mol. The van der Waals surface area contributed by atoms with Crippen LogP contribution in [0.4, 0.5) is 0 Å². The number of carbonyl (C=O) groups is 1. The Labute approximate surface area is 108 Å². The number of ketones is 1. The highest BCUT2D eigenvalue weighted by atomic mass is 79.9. The number of nitrogens with zero attached hydrogens (tertiary/aromatic N) is 1. The minimum absolute atomic E-state index is 0.230. The fraction of sp³-hybridized carbons (Fsp3) is 0.286. The summed E-state index contributed by atoms with van der Waals surface area (Å²) in [5, 5.41) is 1.03. The van der Waals surface area contributed by atoms with Crippen molar-refractivity contribution in [2.45, 2.75) is 19.8 Å². The molecule has 0 fully saturated rings. The highest BCUT2D eigenvalue weighted by Crippen LogP contribution is 2.28. The van der Waals surface area contributed by atoms with Crippen LogP contribution in [0, 0.1) is 5.92 Å². The second kappa shape index (κ2) is 3.91. The Balaban J connectivity index is 2.26. The average Bonchev–Trinajstić information content (AvgIpc) is 2.27. The van der Waals surface area contributed by atoms with Crippen molar-refractivity contribution in [2.75, 3.05) is 0 Å². The highest BCUT2D eigenvalue weighted by molar-refractivity contribution is 9.10. The predicted molar refractivity (Wildman–Crippen MR) is 71.3 cm³/mol. The van der Waals surface area contributed by atoms with E-state index in [0.29, 0.717) is 12.3 Å². The number of benzene rings is 1. The Morgan fingerprint density at radius 3 is 2.94 bits per heavy atom. The number of rotatable bonds is 0. The molecule has 0 aliphatic heterocycles. The van der Waals surface area contributed by atoms with Gasteiger partial charge in [-0.1, -0.05) is 22.9 Å². The first-order chi connectivity index (χ1) is 8.13. The molecule has 3 rings (SSSR count). The Kier molecular flexibility index (Phi) is 2.51. The van der Waals surface area contributed by atoms with E-state index in [1.807, 2.05) is 24.3 Å². The van der Waals surface area contributed by atoms with Crippen LogP contribution >= 0.6 is 15.9 Å². The molecule has 1 heterocycles. The lowest BCUT2D eigenvalue weighted by atomic mass is 9.86. The molecular formula is C14H12BrNO. The van der Waals surface area contributed by atoms with Gasteiger partial charge in [-0.05, 0) is 36.6 Å². The smallest absolute Gasteiger partial charge is 0.165 e. The molecule has 0 bridgehead atoms. The SMILES string of the molecule is CC1CC(=O)c2cc3cc(Br)ccc3nc2C1. The third-order valence-corrected chi connectivity index (χ3v) is 3.73. The number of fused-ring (bicyclic) bond motifs is 2. The highest BCUT2D eigenvalue weighted by Gasteiger charge is 2.23. The van der Waals surface area contributed by atoms with Crippen LogP contribution in [0.25, 0.3) is 10.9 Å². The van der Waals surface area contributed by atoms with Gasteiger partial charge in [-0.3, -0.25) is 9.78 Å². The zero-order valence-electron chi connectivity index (χ0n) is 9.53. The Morgan fingerprint density at radius 2 is 2.12 bits per heavy atom. The van der Waals surface area contributed by atoms with Gasteiger partial charge in [0.25, 0.3) is 0 Å². The van der Waals surface area contributed by atoms with Gasteiger partial charge in [-0.25, -0.2) is 0 Å². The first kappa shape index (κ1) is 10.9. The fourth-order valence-electron chi connectivity index (χ4n) is 2.41. The molecule has 2 aromatic rings. The monoisotopic (exact) mass is 289 g/mol. The van der Waals surface area contributed by atoms with E-state index in [1.54, 1.807) is 0 Å². The maximum absolute atomic E-state index is 12.0. The summed E-state index contributed by atoms with van der Waals surface area (Å²) in [6.07, 6.45) is 1.56. The Hall–Kier alpha value is -1.22. The van der Waals surface area contributed by atoms with E-state index in [0.717, 1.165) is 33.1 Å². The van der Waals surface area contributed by atoms with E-state index in [1.165, 1.54) is 0 Å². The van der Waals surface area contributed by atoms with Gasteiger partial charge in [0.15, 0.2) is 5.78 Å². The predicted octanol–water partition coefficient (Wildman–Crippen LogP) is 3.76. The van der Waals surface area contributed by atoms with Crippen molar-refractivity contribution >= 4 is 32.6 Å². The summed E-state index contributed by atoms with van der Waals surface area (Å²) < 4.78 is 1.02. The van der Waals surface area contributed by atoms with E-state index in [4.69, 9.17) is 0 Å². The maximum Gasteiger partial charge on any atom is 0.165 e. The van der Waals surface area contributed by atoms with Crippen molar-refractivity contribution in [1.29, 1.82) is 0 Å². The largest absolute Gasteiger partial charge is 0.294 e. The molecule has 17 heavy (non-hydrogen) atoms. The van der Waals surface area contributed by atoms with Crippen LogP contribution in [-0.4, -0.2) is 10.8 Å². The van der Waals surface area contributed by atoms with Gasteiger partial charge in [0.1, 0.15) is 0 Å². The summed E-state index contributed by atoms with van der Waals surface area (Å²) in [5.74, 6) is 0.642. The van der Waals surface area contributed by atoms with E-state index in [9.17, 15) is 4.79 Å². The molecular weight excluding hydrogens is 278 g/mol. The summed E-state index contributed by atoms with van der Waals surface area (Å²) >= 11 is 3.44. The number of hydrogen-bond acceptors (Lipinski definition) is 2. The van der Waals surface area contributed by atoms with Gasteiger partial charge in [0.05, 0.1) is 11.2 Å². The van der Waals surface area contributed by atoms with Crippen LogP contribution in [0.3, 0.4) is 0 Å². The van der Waals surface area contributed by atoms with Crippen LogP contribution in [0.15, 0.2) is 28.7 Å². The summed E-state index contributed by atoms with van der Waals surface area (Å²) in [4.78, 5) is 16.6. The summed E-state index contributed by atoms with van der Waals surface area (Å²) in [6.45, 7) is 2.11. The number of hydrogen-bond donors (Lipinski definition) is 0. The molecule has 0 amide bonds. The molecule has 0 spiro atoms. The minimum Gasteiger partial charge on any atom is -0.294 e. The Bertz CT molecular complexity index is 621. The summed E-state index contributed by atoms with van der Waals surface area (Å²) in [7, 11) is 0. The number of carbonyl (C=O) groups excluding carboxylic acids is 1. The molecule has 2 nitrogen and oxygen atoms in total. The quantitative estimate of drug-likeness (QED) is 0.739. The van der Waals surface area contributed by atoms with E-state index >= 15 is 0 Å². The molecule has 86 valence electrons. The van der Waals surface area contributed by atoms with Crippen molar-refractivity contribution in [1.82, 2.24) is 4.98 Å². The molecule has 1 unspecified atom stereocenters. The fourth-order valence-corrected chi connectivity index (χ4v) is 2.79. The van der Waals surface area contributed by atoms with Gasteiger partial charge in [0, 0.05) is 21.8 Å². The third kappa shape index (κ3) is 1.89. The zero-order valence-corrected chi connectivity index (χ0v) is 11.1. The van der Waals surface area contributed by atoms with Gasteiger partial charge >= 0.3 is 0 Å². The van der Waals surface area contributed by atoms with Gasteiger partial charge in [-0.15, -0.1) is 0 Å². The molecule has 1 aliphatic rings. The molecule has 1 aromatic carbocycles. The molecule has 0 radical (unpaired) electrons. The summed E-state index contributed by atoms with van der Waals surface area (Å²) in [6, 6.07) is 7.96. The number of halogens is 1. The van der Waals surface area contributed by atoms with Crippen molar-refractivity contribution in [3.63, 3.8) is 0 Å². The van der Waals surface area contributed by atoms with Gasteiger partial charge in [0.2, 0.25) is 0 Å². The zero-order chi connectivity index (χ0) is 12.0. The standard InChI is InChI=1S/C14H12BrNO/c1-8-4-13-11(14(17)5-8)7-9-6-10(15)2-3-12(9)16-13/h2-3,6-8H,4-5H2,1H3. The third-order valence-electron chi connectivity index (χ3n) is 3.23. The lowest BCUT2D eigenvalue weighted by Gasteiger charge is -2.19. The van der Waals surface area contributed by atoms with Crippen LogP contribution in [0.2, 0.25) is 0 Å². The molecule has 1 aromatic heterocycles. The summed E-state index contributed by atoms with van der Waals surface area (Å²) in [5.41, 5.74) is 2.74. The lowest BCUT2D eigenvalue weighted by Crippen LogP contribution is -2.19. The van der Waals surface area contributed by atoms with Crippen molar-refractivity contribution in [2.24, 2.45) is 5.92 Å². The van der Waals surface area contributed by atoms with Crippen LogP contribution in [0.1, 0.15) is 29.4 Å². The topological polar surface area (TPSA) is 30.0 Å². The second-order valence-electron chi connectivity index (χ2n) is 4.76. The van der Waals surface area contributed by atoms with Crippen LogP contribution in [0.5, 0.6) is 0 Å². The van der Waals surface area contributed by atoms with Gasteiger partial charge in [-0.2, -0.15) is 0 Å². The number of pyridine rings is 1. The Morgan fingerprint density at radius 1 is 1.29 bits per heavy atom. The van der Waals surface area contributed by atoms with E-state index in [-0.39, 0.29) is 5.78 Å². The molecule has 1 aliphatic carbocycles. The molecule has 1 atom stereocenters. The van der Waals surface area contributed by atoms with Crippen molar-refractivity contribution < 1.29 is 4.79 Å². The molecule has 0 N–H and O–H groups in total. The van der Waals surface area contributed by atoms with Gasteiger partial charge < -0.3 is 0 Å². The van der Waals surface area contributed by atoms with E-state index in [2.05, 4.69) is 27.8 Å². The van der Waals surface area contributed by atoms with E-state index < -0.39 is 0 Å². The molecule has 0 saturated heterocycles. The van der Waals surface area contributed by atoms with Crippen LogP contribution < -0.4 is 0 Å². The first-order valence-electron chi connectivity index (χ1n) is 5.76. The minimum atomic E-state index is 0.230. The first-order valence-corrected chi connectivity index (χ1v) is 6.55. The lowest BCUT2D eigenvalue weighted by molar-refractivity contribution is 0.0952. The molecule has 3 heteroatoms.